The molecule has 0 radical (unpaired) electrons. The van der Waals surface area contributed by atoms with Gasteiger partial charge in [0.2, 0.25) is 5.88 Å². The van der Waals surface area contributed by atoms with E-state index in [1.807, 2.05) is 0 Å². The largest absolute Gasteiger partial charge is 0.439 e. The summed E-state index contributed by atoms with van der Waals surface area (Å²) >= 11 is 0. The van der Waals surface area contributed by atoms with E-state index in [9.17, 15) is 17.6 Å². The molecule has 1 unspecified atom stereocenters. The Morgan fingerprint density at radius 3 is 2.64 bits per heavy atom. The molecule has 1 aromatic carbocycles. The topological polar surface area (TPSA) is 25.4 Å². The quantitative estimate of drug-likeness (QED) is 0.588. The SMILES string of the molecule is CN1CC(F)C[C@@]1(F)c1cccnc1Oc1cccc(C(F)(F)F)c1. The molecule has 0 bridgehead atoms. The number of ether oxygens (including phenoxy) is 1. The van der Waals surface area contributed by atoms with E-state index in [2.05, 4.69) is 4.98 Å². The Labute approximate surface area is 141 Å². The molecule has 0 N–H and O–H groups in total. The third kappa shape index (κ3) is 3.44. The van der Waals surface area contributed by atoms with Crippen LogP contribution in [0.5, 0.6) is 11.6 Å². The molecule has 134 valence electrons. The molecular formula is C17H15F5N2O. The first-order valence-corrected chi connectivity index (χ1v) is 7.55. The maximum absolute atomic E-state index is 15.3. The lowest BCUT2D eigenvalue weighted by Crippen LogP contribution is -2.34. The molecule has 1 aliphatic rings. The number of alkyl halides is 5. The number of pyridine rings is 1. The van der Waals surface area contributed by atoms with E-state index >= 15 is 4.39 Å². The van der Waals surface area contributed by atoms with Crippen LogP contribution in [0.25, 0.3) is 0 Å². The number of likely N-dealkylation sites (tertiary alicyclic amines) is 1. The van der Waals surface area contributed by atoms with Gasteiger partial charge in [-0.15, -0.1) is 0 Å². The highest BCUT2D eigenvalue weighted by Gasteiger charge is 2.48. The average Bonchev–Trinajstić information content (AvgIpc) is 2.80. The Bertz CT molecular complexity index is 767. The summed E-state index contributed by atoms with van der Waals surface area (Å²) in [4.78, 5) is 5.12. The number of hydrogen-bond acceptors (Lipinski definition) is 3. The van der Waals surface area contributed by atoms with E-state index in [-0.39, 0.29) is 23.7 Å². The Morgan fingerprint density at radius 1 is 1.24 bits per heavy atom. The lowest BCUT2D eigenvalue weighted by atomic mass is 10.0. The van der Waals surface area contributed by atoms with E-state index < -0.39 is 30.1 Å². The van der Waals surface area contributed by atoms with E-state index in [4.69, 9.17) is 4.74 Å². The monoisotopic (exact) mass is 358 g/mol. The van der Waals surface area contributed by atoms with Gasteiger partial charge in [-0.1, -0.05) is 6.07 Å². The second-order valence-corrected chi connectivity index (χ2v) is 5.93. The van der Waals surface area contributed by atoms with Crippen LogP contribution in [0.1, 0.15) is 17.5 Å². The van der Waals surface area contributed by atoms with Crippen molar-refractivity contribution in [2.24, 2.45) is 0 Å². The van der Waals surface area contributed by atoms with Gasteiger partial charge >= 0.3 is 6.18 Å². The number of halogens is 5. The molecule has 1 aromatic heterocycles. The van der Waals surface area contributed by atoms with E-state index in [1.165, 1.54) is 42.4 Å². The molecular weight excluding hydrogens is 343 g/mol. The van der Waals surface area contributed by atoms with E-state index in [1.54, 1.807) is 0 Å². The van der Waals surface area contributed by atoms with Gasteiger partial charge in [-0.3, -0.25) is 4.90 Å². The van der Waals surface area contributed by atoms with Crippen molar-refractivity contribution in [2.45, 2.75) is 24.6 Å². The summed E-state index contributed by atoms with van der Waals surface area (Å²) in [6, 6.07) is 7.07. The Morgan fingerprint density at radius 2 is 2.00 bits per heavy atom. The average molecular weight is 358 g/mol. The molecule has 1 fully saturated rings. The first-order chi connectivity index (χ1) is 11.7. The van der Waals surface area contributed by atoms with Crippen LogP contribution in [0.15, 0.2) is 42.6 Å². The van der Waals surface area contributed by atoms with Gasteiger partial charge in [0.1, 0.15) is 11.9 Å². The Kier molecular flexibility index (Phi) is 4.40. The van der Waals surface area contributed by atoms with Crippen molar-refractivity contribution in [3.63, 3.8) is 0 Å². The maximum atomic E-state index is 15.3. The first kappa shape index (κ1) is 17.6. The molecule has 0 aliphatic carbocycles. The molecule has 0 amide bonds. The summed E-state index contributed by atoms with van der Waals surface area (Å²) in [7, 11) is 1.43. The van der Waals surface area contributed by atoms with Gasteiger partial charge in [-0.05, 0) is 37.4 Å². The molecule has 25 heavy (non-hydrogen) atoms. The summed E-state index contributed by atoms with van der Waals surface area (Å²) in [5.41, 5.74) is -0.908. The smallest absolute Gasteiger partial charge is 0.416 e. The minimum Gasteiger partial charge on any atom is -0.439 e. The van der Waals surface area contributed by atoms with Crippen LogP contribution in [0.3, 0.4) is 0 Å². The highest BCUT2D eigenvalue weighted by atomic mass is 19.4. The third-order valence-corrected chi connectivity index (χ3v) is 4.13. The Balaban J connectivity index is 1.95. The van der Waals surface area contributed by atoms with Crippen LogP contribution >= 0.6 is 0 Å². The van der Waals surface area contributed by atoms with Crippen molar-refractivity contribution in [3.05, 3.63) is 53.7 Å². The highest BCUT2D eigenvalue weighted by molar-refractivity contribution is 5.38. The second-order valence-electron chi connectivity index (χ2n) is 5.93. The molecule has 1 saturated heterocycles. The minimum atomic E-state index is -4.53. The zero-order valence-corrected chi connectivity index (χ0v) is 13.2. The van der Waals surface area contributed by atoms with Crippen LogP contribution in [-0.4, -0.2) is 29.6 Å². The summed E-state index contributed by atoms with van der Waals surface area (Å²) in [5, 5.41) is 0. The van der Waals surface area contributed by atoms with Crippen LogP contribution in [0.4, 0.5) is 22.0 Å². The van der Waals surface area contributed by atoms with Crippen molar-refractivity contribution >= 4 is 0 Å². The van der Waals surface area contributed by atoms with E-state index in [0.29, 0.717) is 0 Å². The summed E-state index contributed by atoms with van der Waals surface area (Å²) in [5.74, 6) is -2.45. The van der Waals surface area contributed by atoms with Gasteiger partial charge in [-0.25, -0.2) is 13.8 Å². The predicted molar refractivity (Wildman–Crippen MR) is 80.7 cm³/mol. The third-order valence-electron chi connectivity index (χ3n) is 4.13. The molecule has 0 spiro atoms. The van der Waals surface area contributed by atoms with Gasteiger partial charge < -0.3 is 4.74 Å². The zero-order chi connectivity index (χ0) is 18.2. The van der Waals surface area contributed by atoms with Crippen molar-refractivity contribution in [1.29, 1.82) is 0 Å². The second kappa shape index (κ2) is 6.25. The van der Waals surface area contributed by atoms with Crippen molar-refractivity contribution in [2.75, 3.05) is 13.6 Å². The fourth-order valence-corrected chi connectivity index (χ4v) is 2.88. The van der Waals surface area contributed by atoms with E-state index in [0.717, 1.165) is 12.1 Å². The normalized spacial score (nSPS) is 24.5. The molecule has 2 heterocycles. The molecule has 2 atom stereocenters. The van der Waals surface area contributed by atoms with Crippen molar-refractivity contribution < 1.29 is 26.7 Å². The number of hydrogen-bond donors (Lipinski definition) is 0. The minimum absolute atomic E-state index is 0.0185. The number of aromatic nitrogens is 1. The Hall–Kier alpha value is -2.22. The lowest BCUT2D eigenvalue weighted by Gasteiger charge is -2.28. The fourth-order valence-electron chi connectivity index (χ4n) is 2.88. The molecule has 3 rings (SSSR count). The van der Waals surface area contributed by atoms with Gasteiger partial charge in [0.05, 0.1) is 11.1 Å². The summed E-state index contributed by atoms with van der Waals surface area (Å²) in [6.45, 7) is -0.0889. The maximum Gasteiger partial charge on any atom is 0.416 e. The number of nitrogens with zero attached hydrogens (tertiary/aromatic N) is 2. The van der Waals surface area contributed by atoms with Gasteiger partial charge in [0, 0.05) is 19.2 Å². The molecule has 3 nitrogen and oxygen atoms in total. The summed E-state index contributed by atoms with van der Waals surface area (Å²) < 4.78 is 72.8. The van der Waals surface area contributed by atoms with Crippen molar-refractivity contribution in [1.82, 2.24) is 9.88 Å². The summed E-state index contributed by atoms with van der Waals surface area (Å²) in [6.07, 6.45) is -4.94. The standard InChI is InChI=1S/C17H15F5N2O/c1-24-10-12(18)9-16(24,19)14-6-3-7-23-15(14)25-13-5-2-4-11(8-13)17(20,21)22/h2-8,12H,9-10H2,1H3/t12?,16-/m0/s1. The van der Waals surface area contributed by atoms with Crippen LogP contribution < -0.4 is 4.74 Å². The van der Waals surface area contributed by atoms with Crippen LogP contribution in [-0.2, 0) is 12.0 Å². The molecule has 0 saturated carbocycles. The zero-order valence-electron chi connectivity index (χ0n) is 13.2. The molecule has 1 aliphatic heterocycles. The van der Waals surface area contributed by atoms with Gasteiger partial charge in [-0.2, -0.15) is 13.2 Å². The number of rotatable bonds is 3. The molecule has 2 aromatic rings. The van der Waals surface area contributed by atoms with Crippen molar-refractivity contribution in [3.8, 4) is 11.6 Å². The van der Waals surface area contributed by atoms with Gasteiger partial charge in [0.15, 0.2) is 5.79 Å². The van der Waals surface area contributed by atoms with Gasteiger partial charge in [0.25, 0.3) is 0 Å². The lowest BCUT2D eigenvalue weighted by molar-refractivity contribution is -0.137. The fraction of sp³-hybridized carbons (Fsp3) is 0.353. The highest BCUT2D eigenvalue weighted by Crippen LogP contribution is 2.44. The molecule has 8 heteroatoms. The van der Waals surface area contributed by atoms with Crippen LogP contribution in [0.2, 0.25) is 0 Å². The number of benzene rings is 1. The van der Waals surface area contributed by atoms with Crippen LogP contribution in [0, 0.1) is 0 Å². The predicted octanol–water partition coefficient (Wildman–Crippen LogP) is 4.69. The first-order valence-electron chi connectivity index (χ1n) is 7.55.